The molecule has 1 saturated heterocycles. The predicted octanol–water partition coefficient (Wildman–Crippen LogP) is 3.15. The molecule has 0 radical (unpaired) electrons. The Balaban J connectivity index is 2.53. The number of nitrogens with zero attached hydrogens (tertiary/aromatic N) is 1. The number of methoxy groups -OCH3 is 1. The molecule has 1 atom stereocenters. The van der Waals surface area contributed by atoms with Gasteiger partial charge in [-0.15, -0.1) is 6.58 Å². The van der Waals surface area contributed by atoms with Crippen molar-refractivity contribution in [2.75, 3.05) is 20.2 Å². The van der Waals surface area contributed by atoms with Crippen LogP contribution in [0.1, 0.15) is 31.7 Å². The van der Waals surface area contributed by atoms with Gasteiger partial charge in [0.05, 0.1) is 7.11 Å². The number of ether oxygens (including phenoxy) is 1. The standard InChI is InChI=1S/C17H23NO2/c1-4-16(19)17(5-2,18-11-6-7-12-18)14-9-8-10-15(13-14)20-3/h5,8-10,13H,2,4,6-7,11-12H2,1,3H3. The zero-order chi connectivity index (χ0) is 14.6. The molecule has 1 fully saturated rings. The Morgan fingerprint density at radius 2 is 2.15 bits per heavy atom. The highest BCUT2D eigenvalue weighted by molar-refractivity contribution is 5.91. The summed E-state index contributed by atoms with van der Waals surface area (Å²) in [7, 11) is 1.65. The van der Waals surface area contributed by atoms with E-state index >= 15 is 0 Å². The molecule has 1 aliphatic rings. The Hall–Kier alpha value is -1.61. The first-order valence-corrected chi connectivity index (χ1v) is 7.25. The van der Waals surface area contributed by atoms with E-state index in [2.05, 4.69) is 11.5 Å². The number of Topliss-reactive ketones (excluding diaryl/α,β-unsaturated/α-hetero) is 1. The van der Waals surface area contributed by atoms with Crippen molar-refractivity contribution in [1.82, 2.24) is 4.90 Å². The van der Waals surface area contributed by atoms with Gasteiger partial charge in [0.15, 0.2) is 5.78 Å². The summed E-state index contributed by atoms with van der Waals surface area (Å²) < 4.78 is 5.31. The van der Waals surface area contributed by atoms with Gasteiger partial charge in [-0.25, -0.2) is 0 Å². The molecule has 1 aromatic rings. The lowest BCUT2D eigenvalue weighted by Crippen LogP contribution is -2.49. The van der Waals surface area contributed by atoms with Crippen LogP contribution < -0.4 is 4.74 Å². The number of benzene rings is 1. The minimum Gasteiger partial charge on any atom is -0.497 e. The molecule has 108 valence electrons. The average Bonchev–Trinajstić information content (AvgIpc) is 3.03. The summed E-state index contributed by atoms with van der Waals surface area (Å²) in [4.78, 5) is 14.9. The van der Waals surface area contributed by atoms with Gasteiger partial charge < -0.3 is 4.74 Å². The highest BCUT2D eigenvalue weighted by Gasteiger charge is 2.42. The Morgan fingerprint density at radius 3 is 2.70 bits per heavy atom. The van der Waals surface area contributed by atoms with Crippen LogP contribution in [0, 0.1) is 0 Å². The third-order valence-corrected chi connectivity index (χ3v) is 4.16. The van der Waals surface area contributed by atoms with Gasteiger partial charge in [-0.2, -0.15) is 0 Å². The van der Waals surface area contributed by atoms with Crippen LogP contribution in [0.3, 0.4) is 0 Å². The number of rotatable bonds is 6. The van der Waals surface area contributed by atoms with Gasteiger partial charge in [0.1, 0.15) is 11.3 Å². The third kappa shape index (κ3) is 2.38. The molecule has 0 amide bonds. The van der Waals surface area contributed by atoms with Crippen LogP contribution in [0.4, 0.5) is 0 Å². The van der Waals surface area contributed by atoms with Crippen LogP contribution in [0.2, 0.25) is 0 Å². The molecule has 1 heterocycles. The minimum absolute atomic E-state index is 0.197. The normalized spacial score (nSPS) is 18.5. The van der Waals surface area contributed by atoms with Crippen molar-refractivity contribution in [2.24, 2.45) is 0 Å². The summed E-state index contributed by atoms with van der Waals surface area (Å²) in [6, 6.07) is 7.78. The number of hydrogen-bond donors (Lipinski definition) is 0. The zero-order valence-corrected chi connectivity index (χ0v) is 12.4. The zero-order valence-electron chi connectivity index (χ0n) is 12.4. The van der Waals surface area contributed by atoms with Crippen LogP contribution in [-0.4, -0.2) is 30.9 Å². The number of carbonyl (C=O) groups is 1. The largest absolute Gasteiger partial charge is 0.497 e. The number of hydrogen-bond acceptors (Lipinski definition) is 3. The van der Waals surface area contributed by atoms with Gasteiger partial charge >= 0.3 is 0 Å². The van der Waals surface area contributed by atoms with E-state index in [4.69, 9.17) is 4.74 Å². The molecule has 0 saturated carbocycles. The molecule has 0 N–H and O–H groups in total. The lowest BCUT2D eigenvalue weighted by atomic mass is 9.82. The first kappa shape index (κ1) is 14.8. The lowest BCUT2D eigenvalue weighted by molar-refractivity contribution is -0.128. The molecule has 3 nitrogen and oxygen atoms in total. The molecule has 0 spiro atoms. The van der Waals surface area contributed by atoms with E-state index in [0.717, 1.165) is 37.2 Å². The Kier molecular flexibility index (Phi) is 4.61. The van der Waals surface area contributed by atoms with E-state index in [0.29, 0.717) is 6.42 Å². The number of carbonyl (C=O) groups excluding carboxylic acids is 1. The fraction of sp³-hybridized carbons (Fsp3) is 0.471. The molecule has 1 unspecified atom stereocenters. The summed E-state index contributed by atoms with van der Waals surface area (Å²) in [6.07, 6.45) is 4.58. The van der Waals surface area contributed by atoms with Gasteiger partial charge in [0, 0.05) is 6.42 Å². The van der Waals surface area contributed by atoms with E-state index in [9.17, 15) is 4.79 Å². The second-order valence-electron chi connectivity index (χ2n) is 5.17. The van der Waals surface area contributed by atoms with E-state index < -0.39 is 5.54 Å². The highest BCUT2D eigenvalue weighted by atomic mass is 16.5. The molecule has 2 rings (SSSR count). The Morgan fingerprint density at radius 1 is 1.45 bits per heavy atom. The van der Waals surface area contributed by atoms with E-state index in [1.807, 2.05) is 31.2 Å². The first-order chi connectivity index (χ1) is 9.68. The predicted molar refractivity (Wildman–Crippen MR) is 81.0 cm³/mol. The monoisotopic (exact) mass is 273 g/mol. The fourth-order valence-electron chi connectivity index (χ4n) is 3.08. The summed E-state index contributed by atoms with van der Waals surface area (Å²) in [5, 5.41) is 0. The van der Waals surface area contributed by atoms with Crippen LogP contribution in [-0.2, 0) is 10.3 Å². The quantitative estimate of drug-likeness (QED) is 0.746. The van der Waals surface area contributed by atoms with Gasteiger partial charge in [-0.05, 0) is 43.6 Å². The summed E-state index contributed by atoms with van der Waals surface area (Å²) in [5.41, 5.74) is 0.250. The maximum atomic E-state index is 12.7. The molecule has 1 aliphatic heterocycles. The minimum atomic E-state index is -0.709. The van der Waals surface area contributed by atoms with Crippen molar-refractivity contribution in [3.8, 4) is 5.75 Å². The van der Waals surface area contributed by atoms with Crippen LogP contribution >= 0.6 is 0 Å². The maximum Gasteiger partial charge on any atom is 0.161 e. The van der Waals surface area contributed by atoms with E-state index in [1.165, 1.54) is 0 Å². The molecule has 20 heavy (non-hydrogen) atoms. The Bertz CT molecular complexity index is 492. The van der Waals surface area contributed by atoms with E-state index in [1.54, 1.807) is 13.2 Å². The molecule has 0 bridgehead atoms. The van der Waals surface area contributed by atoms with Crippen LogP contribution in [0.5, 0.6) is 5.75 Å². The van der Waals surface area contributed by atoms with Crippen molar-refractivity contribution in [1.29, 1.82) is 0 Å². The maximum absolute atomic E-state index is 12.7. The number of ketones is 1. The van der Waals surface area contributed by atoms with Crippen molar-refractivity contribution >= 4 is 5.78 Å². The SMILES string of the molecule is C=CC(C(=O)CC)(c1cccc(OC)c1)N1CCCC1. The van der Waals surface area contributed by atoms with Crippen molar-refractivity contribution in [3.05, 3.63) is 42.5 Å². The summed E-state index contributed by atoms with van der Waals surface area (Å²) in [6.45, 7) is 7.77. The first-order valence-electron chi connectivity index (χ1n) is 7.25. The van der Waals surface area contributed by atoms with Gasteiger partial charge in [-0.3, -0.25) is 9.69 Å². The van der Waals surface area contributed by atoms with Crippen LogP contribution in [0.15, 0.2) is 36.9 Å². The van der Waals surface area contributed by atoms with Gasteiger partial charge in [0.25, 0.3) is 0 Å². The van der Waals surface area contributed by atoms with E-state index in [-0.39, 0.29) is 5.78 Å². The lowest BCUT2D eigenvalue weighted by Gasteiger charge is -2.38. The molecule has 0 aliphatic carbocycles. The van der Waals surface area contributed by atoms with Crippen LogP contribution in [0.25, 0.3) is 0 Å². The molecule has 1 aromatic carbocycles. The average molecular weight is 273 g/mol. The fourth-order valence-corrected chi connectivity index (χ4v) is 3.08. The van der Waals surface area contributed by atoms with Gasteiger partial charge in [0.2, 0.25) is 0 Å². The molecule has 3 heteroatoms. The summed E-state index contributed by atoms with van der Waals surface area (Å²) in [5.74, 6) is 0.972. The van der Waals surface area contributed by atoms with Gasteiger partial charge in [-0.1, -0.05) is 25.1 Å². The molecular formula is C17H23NO2. The Labute approximate surface area is 121 Å². The smallest absolute Gasteiger partial charge is 0.161 e. The summed E-state index contributed by atoms with van der Waals surface area (Å²) >= 11 is 0. The molecule has 0 aromatic heterocycles. The topological polar surface area (TPSA) is 29.5 Å². The van der Waals surface area contributed by atoms with Crippen molar-refractivity contribution in [3.63, 3.8) is 0 Å². The second-order valence-corrected chi connectivity index (χ2v) is 5.17. The third-order valence-electron chi connectivity index (χ3n) is 4.16. The molecular weight excluding hydrogens is 250 g/mol. The van der Waals surface area contributed by atoms with Crippen molar-refractivity contribution < 1.29 is 9.53 Å². The van der Waals surface area contributed by atoms with Crippen molar-refractivity contribution in [2.45, 2.75) is 31.7 Å². The number of likely N-dealkylation sites (tertiary alicyclic amines) is 1. The highest BCUT2D eigenvalue weighted by Crippen LogP contribution is 2.36. The second kappa shape index (κ2) is 6.23.